The molecule has 0 amide bonds. The maximum Gasteiger partial charge on any atom is 0.0313 e. The van der Waals surface area contributed by atoms with Crippen LogP contribution in [0, 0.1) is 0 Å². The predicted molar refractivity (Wildman–Crippen MR) is 74.2 cm³/mol. The van der Waals surface area contributed by atoms with Gasteiger partial charge in [-0.05, 0) is 39.4 Å². The normalized spacial score (nSPS) is 14.2. The second kappa shape index (κ2) is 10.4. The van der Waals surface area contributed by atoms with Gasteiger partial charge < -0.3 is 5.32 Å². The average Bonchev–Trinajstić information content (AvgIpc) is 2.32. The first-order valence-corrected chi connectivity index (χ1v) is 5.85. The minimum absolute atomic E-state index is 1.04. The van der Waals surface area contributed by atoms with E-state index in [1.54, 1.807) is 7.05 Å². The van der Waals surface area contributed by atoms with Gasteiger partial charge in [-0.15, -0.1) is 0 Å². The maximum absolute atomic E-state index is 4.05. The van der Waals surface area contributed by atoms with Crippen molar-refractivity contribution in [2.24, 2.45) is 4.99 Å². The second-order valence-electron chi connectivity index (χ2n) is 3.64. The molecule has 0 saturated heterocycles. The van der Waals surface area contributed by atoms with Crippen LogP contribution < -0.4 is 5.32 Å². The zero-order chi connectivity index (χ0) is 12.2. The quantitative estimate of drug-likeness (QED) is 0.517. The summed E-state index contributed by atoms with van der Waals surface area (Å²) < 4.78 is 0. The largest absolute Gasteiger partial charge is 0.319 e. The van der Waals surface area contributed by atoms with Gasteiger partial charge in [0.2, 0.25) is 0 Å². The van der Waals surface area contributed by atoms with Crippen LogP contribution in [0.3, 0.4) is 0 Å². The molecule has 0 unspecified atom stereocenters. The molecule has 1 N–H and O–H groups in total. The van der Waals surface area contributed by atoms with Crippen LogP contribution in [-0.2, 0) is 0 Å². The van der Waals surface area contributed by atoms with E-state index in [9.17, 15) is 0 Å². The van der Waals surface area contributed by atoms with E-state index >= 15 is 0 Å². The number of allylic oxidation sites excluding steroid dienone is 5. The Morgan fingerprint density at radius 1 is 1.25 bits per heavy atom. The lowest BCUT2D eigenvalue weighted by Crippen LogP contribution is -2.07. The summed E-state index contributed by atoms with van der Waals surface area (Å²) in [5.74, 6) is 0. The Bertz CT molecular complexity index is 283. The van der Waals surface area contributed by atoms with Crippen molar-refractivity contribution in [2.45, 2.75) is 26.7 Å². The van der Waals surface area contributed by atoms with Gasteiger partial charge >= 0.3 is 0 Å². The summed E-state index contributed by atoms with van der Waals surface area (Å²) in [5.41, 5.74) is 2.51. The third-order valence-corrected chi connectivity index (χ3v) is 2.39. The fourth-order valence-corrected chi connectivity index (χ4v) is 1.19. The van der Waals surface area contributed by atoms with Gasteiger partial charge in [0.25, 0.3) is 0 Å². The Labute approximate surface area is 99.9 Å². The van der Waals surface area contributed by atoms with E-state index in [0.29, 0.717) is 0 Å². The lowest BCUT2D eigenvalue weighted by Gasteiger charge is -2.01. The molecular weight excluding hydrogens is 196 g/mol. The smallest absolute Gasteiger partial charge is 0.0313 e. The number of nitrogens with one attached hydrogen (secondary N) is 1. The Morgan fingerprint density at radius 3 is 2.56 bits per heavy atom. The highest BCUT2D eigenvalue weighted by Crippen LogP contribution is 2.05. The zero-order valence-electron chi connectivity index (χ0n) is 11.0. The molecule has 2 heteroatoms. The highest BCUT2D eigenvalue weighted by atomic mass is 14.8. The van der Waals surface area contributed by atoms with Crippen LogP contribution in [0.15, 0.2) is 40.9 Å². The molecule has 0 spiro atoms. The Hall–Kier alpha value is -1.15. The van der Waals surface area contributed by atoms with Gasteiger partial charge in [0, 0.05) is 12.8 Å². The van der Waals surface area contributed by atoms with Gasteiger partial charge in [0.15, 0.2) is 0 Å². The molecule has 0 heterocycles. The number of aliphatic imine (C=N–C) groups is 1. The molecule has 0 radical (unpaired) electrons. The van der Waals surface area contributed by atoms with Crippen molar-refractivity contribution in [2.75, 3.05) is 20.6 Å². The third kappa shape index (κ3) is 8.18. The lowest BCUT2D eigenvalue weighted by atomic mass is 10.1. The van der Waals surface area contributed by atoms with Gasteiger partial charge in [-0.25, -0.2) is 0 Å². The molecule has 16 heavy (non-hydrogen) atoms. The van der Waals surface area contributed by atoms with E-state index in [0.717, 1.165) is 25.1 Å². The first kappa shape index (κ1) is 14.8. The van der Waals surface area contributed by atoms with E-state index in [4.69, 9.17) is 0 Å². The van der Waals surface area contributed by atoms with Crippen LogP contribution in [0.4, 0.5) is 0 Å². The highest BCUT2D eigenvalue weighted by Gasteiger charge is 1.90. The Morgan fingerprint density at radius 2 is 2.00 bits per heavy atom. The monoisotopic (exact) mass is 220 g/mol. The predicted octanol–water partition coefficient (Wildman–Crippen LogP) is 3.14. The molecule has 0 aromatic heterocycles. The minimum atomic E-state index is 1.04. The number of hydrogen-bond acceptors (Lipinski definition) is 2. The molecule has 0 aliphatic carbocycles. The SMILES string of the molecule is CC/C(=C/C=C\C=C/C(C)=NC)CCNC. The van der Waals surface area contributed by atoms with E-state index in [1.807, 2.05) is 32.2 Å². The molecule has 0 atom stereocenters. The maximum atomic E-state index is 4.05. The van der Waals surface area contributed by atoms with Crippen LogP contribution in [0.5, 0.6) is 0 Å². The summed E-state index contributed by atoms with van der Waals surface area (Å²) in [7, 11) is 3.79. The van der Waals surface area contributed by atoms with Gasteiger partial charge in [-0.3, -0.25) is 4.99 Å². The molecule has 90 valence electrons. The molecule has 0 aromatic carbocycles. The van der Waals surface area contributed by atoms with E-state index < -0.39 is 0 Å². The van der Waals surface area contributed by atoms with Crippen molar-refractivity contribution in [1.82, 2.24) is 5.32 Å². The van der Waals surface area contributed by atoms with Crippen LogP contribution in [-0.4, -0.2) is 26.4 Å². The van der Waals surface area contributed by atoms with Gasteiger partial charge in [0.05, 0.1) is 0 Å². The van der Waals surface area contributed by atoms with Gasteiger partial charge in [-0.1, -0.05) is 36.8 Å². The molecule has 0 fully saturated rings. The van der Waals surface area contributed by atoms with E-state index in [-0.39, 0.29) is 0 Å². The standard InChI is InChI=1S/C14H24N2/c1-5-14(11-12-15-3)10-8-6-7-9-13(2)16-4/h6-10,15H,5,11-12H2,1-4H3/b8-6-,9-7-,14-10-,16-13?. The lowest BCUT2D eigenvalue weighted by molar-refractivity contribution is 0.768. The summed E-state index contributed by atoms with van der Waals surface area (Å²) in [4.78, 5) is 4.05. The van der Waals surface area contributed by atoms with Crippen LogP contribution in [0.1, 0.15) is 26.7 Å². The van der Waals surface area contributed by atoms with Crippen LogP contribution in [0.2, 0.25) is 0 Å². The molecule has 0 aliphatic rings. The van der Waals surface area contributed by atoms with Crippen LogP contribution in [0.25, 0.3) is 0 Å². The van der Waals surface area contributed by atoms with E-state index in [2.05, 4.69) is 29.4 Å². The molecule has 0 bridgehead atoms. The van der Waals surface area contributed by atoms with Gasteiger partial charge in [0.1, 0.15) is 0 Å². The Balaban J connectivity index is 4.11. The fraction of sp³-hybridized carbons (Fsp3) is 0.500. The van der Waals surface area contributed by atoms with Crippen molar-refractivity contribution in [3.63, 3.8) is 0 Å². The third-order valence-electron chi connectivity index (χ3n) is 2.39. The van der Waals surface area contributed by atoms with Crippen molar-refractivity contribution >= 4 is 5.71 Å². The summed E-state index contributed by atoms with van der Waals surface area (Å²) in [6.45, 7) is 5.23. The summed E-state index contributed by atoms with van der Waals surface area (Å²) in [6, 6.07) is 0. The first-order chi connectivity index (χ1) is 7.74. The molecule has 0 saturated carbocycles. The van der Waals surface area contributed by atoms with Crippen molar-refractivity contribution < 1.29 is 0 Å². The molecule has 0 aliphatic heterocycles. The van der Waals surface area contributed by atoms with Gasteiger partial charge in [-0.2, -0.15) is 0 Å². The second-order valence-corrected chi connectivity index (χ2v) is 3.64. The molecule has 0 rings (SSSR count). The zero-order valence-corrected chi connectivity index (χ0v) is 11.0. The summed E-state index contributed by atoms with van der Waals surface area (Å²) in [5, 5.41) is 3.16. The van der Waals surface area contributed by atoms with Crippen molar-refractivity contribution in [3.05, 3.63) is 36.0 Å². The fourth-order valence-electron chi connectivity index (χ4n) is 1.19. The summed E-state index contributed by atoms with van der Waals surface area (Å²) >= 11 is 0. The molecule has 0 aromatic rings. The minimum Gasteiger partial charge on any atom is -0.319 e. The summed E-state index contributed by atoms with van der Waals surface area (Å²) in [6.07, 6.45) is 12.6. The molecular formula is C14H24N2. The highest BCUT2D eigenvalue weighted by molar-refractivity contribution is 5.92. The van der Waals surface area contributed by atoms with Crippen molar-refractivity contribution in [1.29, 1.82) is 0 Å². The van der Waals surface area contributed by atoms with Crippen molar-refractivity contribution in [3.8, 4) is 0 Å². The number of rotatable bonds is 7. The first-order valence-electron chi connectivity index (χ1n) is 5.85. The average molecular weight is 220 g/mol. The Kier molecular flexibility index (Phi) is 9.63. The topological polar surface area (TPSA) is 24.4 Å². The number of nitrogens with zero attached hydrogens (tertiary/aromatic N) is 1. The number of hydrogen-bond donors (Lipinski definition) is 1. The van der Waals surface area contributed by atoms with Crippen LogP contribution >= 0.6 is 0 Å². The van der Waals surface area contributed by atoms with E-state index in [1.165, 1.54) is 5.57 Å². The molecule has 2 nitrogen and oxygen atoms in total.